The maximum atomic E-state index is 10.4. The highest BCUT2D eigenvalue weighted by atomic mass is 16.7. The van der Waals surface area contributed by atoms with E-state index in [2.05, 4.69) is 0 Å². The second-order valence-corrected chi connectivity index (χ2v) is 3.50. The average Bonchev–Trinajstić information content (AvgIpc) is 2.72. The molecular formula is C11H11NO4. The van der Waals surface area contributed by atoms with E-state index in [0.29, 0.717) is 11.5 Å². The van der Waals surface area contributed by atoms with Crippen molar-refractivity contribution in [1.82, 2.24) is 0 Å². The van der Waals surface area contributed by atoms with Crippen molar-refractivity contribution in [3.8, 4) is 11.5 Å². The van der Waals surface area contributed by atoms with E-state index in [4.69, 9.17) is 9.47 Å². The summed E-state index contributed by atoms with van der Waals surface area (Å²) in [5.41, 5.74) is 0.859. The molecule has 0 saturated carbocycles. The zero-order chi connectivity index (χ0) is 11.5. The van der Waals surface area contributed by atoms with Crippen LogP contribution in [0.5, 0.6) is 11.5 Å². The minimum atomic E-state index is -0.689. The summed E-state index contributed by atoms with van der Waals surface area (Å²) in [6, 6.07) is 4.73. The van der Waals surface area contributed by atoms with Crippen LogP contribution >= 0.6 is 0 Å². The van der Waals surface area contributed by atoms with Crippen LogP contribution in [0, 0.1) is 10.1 Å². The van der Waals surface area contributed by atoms with Crippen molar-refractivity contribution in [3.05, 3.63) is 40.0 Å². The van der Waals surface area contributed by atoms with E-state index in [9.17, 15) is 10.1 Å². The lowest BCUT2D eigenvalue weighted by Gasteiger charge is -1.98. The van der Waals surface area contributed by atoms with Gasteiger partial charge < -0.3 is 9.47 Å². The average molecular weight is 221 g/mol. The van der Waals surface area contributed by atoms with Crippen LogP contribution in [0.3, 0.4) is 0 Å². The predicted octanol–water partition coefficient (Wildman–Crippen LogP) is 2.09. The van der Waals surface area contributed by atoms with Crippen LogP contribution in [0.25, 0.3) is 6.08 Å². The third kappa shape index (κ3) is 2.13. The lowest BCUT2D eigenvalue weighted by Crippen LogP contribution is -2.10. The van der Waals surface area contributed by atoms with Crippen molar-refractivity contribution in [2.75, 3.05) is 6.79 Å². The number of rotatable bonds is 3. The molecule has 1 atom stereocenters. The Balaban J connectivity index is 2.13. The number of hydrogen-bond donors (Lipinski definition) is 0. The van der Waals surface area contributed by atoms with Crippen LogP contribution in [0.2, 0.25) is 0 Å². The van der Waals surface area contributed by atoms with Crippen molar-refractivity contribution in [3.63, 3.8) is 0 Å². The van der Waals surface area contributed by atoms with E-state index < -0.39 is 6.04 Å². The lowest BCUT2D eigenvalue weighted by molar-refractivity contribution is -0.504. The zero-order valence-electron chi connectivity index (χ0n) is 8.75. The Hall–Kier alpha value is -2.04. The largest absolute Gasteiger partial charge is 0.454 e. The van der Waals surface area contributed by atoms with Crippen molar-refractivity contribution in [1.29, 1.82) is 0 Å². The quantitative estimate of drug-likeness (QED) is 0.579. The Kier molecular flexibility index (Phi) is 2.76. The molecule has 0 radical (unpaired) electrons. The van der Waals surface area contributed by atoms with Gasteiger partial charge in [-0.25, -0.2) is 0 Å². The number of benzene rings is 1. The fraction of sp³-hybridized carbons (Fsp3) is 0.273. The van der Waals surface area contributed by atoms with Gasteiger partial charge >= 0.3 is 0 Å². The van der Waals surface area contributed by atoms with Gasteiger partial charge in [0.15, 0.2) is 11.5 Å². The van der Waals surface area contributed by atoms with Gasteiger partial charge in [-0.2, -0.15) is 0 Å². The van der Waals surface area contributed by atoms with E-state index in [1.165, 1.54) is 13.0 Å². The summed E-state index contributed by atoms with van der Waals surface area (Å²) in [5, 5.41) is 10.4. The Morgan fingerprint density at radius 2 is 2.19 bits per heavy atom. The molecule has 1 aliphatic heterocycles. The summed E-state index contributed by atoms with van der Waals surface area (Å²) in [4.78, 5) is 10.1. The van der Waals surface area contributed by atoms with Crippen LogP contribution in [-0.4, -0.2) is 17.8 Å². The molecule has 84 valence electrons. The third-order valence-electron chi connectivity index (χ3n) is 2.30. The molecule has 0 spiro atoms. The van der Waals surface area contributed by atoms with Crippen LogP contribution in [0.15, 0.2) is 24.3 Å². The normalized spacial score (nSPS) is 15.3. The summed E-state index contributed by atoms with van der Waals surface area (Å²) in [6.07, 6.45) is 3.24. The SMILES string of the molecule is C[C@H](/C=C\c1ccc2c(c1)OCO2)[N+](=O)[O-]. The van der Waals surface area contributed by atoms with Gasteiger partial charge in [0.25, 0.3) is 0 Å². The first-order valence-corrected chi connectivity index (χ1v) is 4.88. The van der Waals surface area contributed by atoms with Gasteiger partial charge in [0.1, 0.15) is 0 Å². The Labute approximate surface area is 92.4 Å². The zero-order valence-corrected chi connectivity index (χ0v) is 8.75. The first-order valence-electron chi connectivity index (χ1n) is 4.88. The van der Waals surface area contributed by atoms with Gasteiger partial charge in [0.2, 0.25) is 12.8 Å². The minimum Gasteiger partial charge on any atom is -0.454 e. The molecule has 1 aromatic carbocycles. The van der Waals surface area contributed by atoms with E-state index >= 15 is 0 Å². The molecule has 0 N–H and O–H groups in total. The van der Waals surface area contributed by atoms with E-state index in [0.717, 1.165) is 5.56 Å². The molecule has 0 saturated heterocycles. The van der Waals surface area contributed by atoms with Crippen LogP contribution in [0.1, 0.15) is 12.5 Å². The molecule has 1 heterocycles. The highest BCUT2D eigenvalue weighted by molar-refractivity contribution is 5.56. The maximum absolute atomic E-state index is 10.4. The summed E-state index contributed by atoms with van der Waals surface area (Å²) >= 11 is 0. The Bertz CT molecular complexity index is 442. The summed E-state index contributed by atoms with van der Waals surface area (Å²) in [5.74, 6) is 1.38. The minimum absolute atomic E-state index is 0.230. The second-order valence-electron chi connectivity index (χ2n) is 3.50. The summed E-state index contributed by atoms with van der Waals surface area (Å²) in [6.45, 7) is 1.76. The predicted molar refractivity (Wildman–Crippen MR) is 58.1 cm³/mol. The number of nitro groups is 1. The molecule has 1 aromatic rings. The van der Waals surface area contributed by atoms with Crippen LogP contribution < -0.4 is 9.47 Å². The fourth-order valence-electron chi connectivity index (χ4n) is 1.34. The number of ether oxygens (including phenoxy) is 2. The standard InChI is InChI=1S/C11H11NO4/c1-8(12(13)14)2-3-9-4-5-10-11(6-9)16-7-15-10/h2-6,8H,7H2,1H3/b3-2-/t8-/m1/s1. The van der Waals surface area contributed by atoms with Crippen molar-refractivity contribution < 1.29 is 14.4 Å². The maximum Gasteiger partial charge on any atom is 0.231 e. The van der Waals surface area contributed by atoms with E-state index in [-0.39, 0.29) is 11.7 Å². The van der Waals surface area contributed by atoms with Crippen molar-refractivity contribution in [2.45, 2.75) is 13.0 Å². The topological polar surface area (TPSA) is 61.6 Å². The monoisotopic (exact) mass is 221 g/mol. The molecule has 0 aliphatic carbocycles. The van der Waals surface area contributed by atoms with Crippen molar-refractivity contribution in [2.24, 2.45) is 0 Å². The van der Waals surface area contributed by atoms with Crippen LogP contribution in [0.4, 0.5) is 0 Å². The van der Waals surface area contributed by atoms with Gasteiger partial charge in [0, 0.05) is 11.8 Å². The van der Waals surface area contributed by atoms with Gasteiger partial charge in [-0.3, -0.25) is 10.1 Å². The van der Waals surface area contributed by atoms with Crippen molar-refractivity contribution >= 4 is 6.08 Å². The molecule has 5 nitrogen and oxygen atoms in total. The molecule has 2 rings (SSSR count). The van der Waals surface area contributed by atoms with E-state index in [1.54, 1.807) is 18.2 Å². The third-order valence-corrected chi connectivity index (χ3v) is 2.30. The second kappa shape index (κ2) is 4.22. The van der Waals surface area contributed by atoms with Gasteiger partial charge in [-0.05, 0) is 23.8 Å². The fourth-order valence-corrected chi connectivity index (χ4v) is 1.34. The Morgan fingerprint density at radius 1 is 1.44 bits per heavy atom. The number of hydrogen-bond acceptors (Lipinski definition) is 4. The summed E-state index contributed by atoms with van der Waals surface area (Å²) < 4.78 is 10.4. The molecule has 0 amide bonds. The van der Waals surface area contributed by atoms with Crippen LogP contribution in [-0.2, 0) is 0 Å². The molecule has 0 bridgehead atoms. The van der Waals surface area contributed by atoms with Gasteiger partial charge in [-0.1, -0.05) is 12.1 Å². The molecule has 0 fully saturated rings. The summed E-state index contributed by atoms with van der Waals surface area (Å²) in [7, 11) is 0. The molecule has 0 unspecified atom stereocenters. The van der Waals surface area contributed by atoms with E-state index in [1.807, 2.05) is 6.07 Å². The Morgan fingerprint density at radius 3 is 2.94 bits per heavy atom. The first kappa shape index (κ1) is 10.5. The molecule has 0 aromatic heterocycles. The molecule has 1 aliphatic rings. The lowest BCUT2D eigenvalue weighted by atomic mass is 10.1. The number of fused-ring (bicyclic) bond motifs is 1. The molecule has 5 heteroatoms. The highest BCUT2D eigenvalue weighted by Crippen LogP contribution is 2.32. The smallest absolute Gasteiger partial charge is 0.231 e. The highest BCUT2D eigenvalue weighted by Gasteiger charge is 2.12. The van der Waals surface area contributed by atoms with Gasteiger partial charge in [-0.15, -0.1) is 0 Å². The molecule has 16 heavy (non-hydrogen) atoms. The molecular weight excluding hydrogens is 210 g/mol. The first-order chi connectivity index (χ1) is 7.66. The van der Waals surface area contributed by atoms with Gasteiger partial charge in [0.05, 0.1) is 0 Å². The number of nitrogens with zero attached hydrogens (tertiary/aromatic N) is 1.